The van der Waals surface area contributed by atoms with E-state index in [0.717, 1.165) is 11.3 Å². The average molecular weight is 280 g/mol. The smallest absolute Gasteiger partial charge is 0.261 e. The van der Waals surface area contributed by atoms with E-state index in [9.17, 15) is 4.79 Å². The molecular formula is C12H16N4O2S. The lowest BCUT2D eigenvalue weighted by molar-refractivity contribution is 0.185. The number of hydrogen-bond acceptors (Lipinski definition) is 6. The fourth-order valence-electron chi connectivity index (χ4n) is 1.98. The molecule has 0 bridgehead atoms. The van der Waals surface area contributed by atoms with Crippen LogP contribution in [0.25, 0.3) is 10.6 Å². The number of nitrogens with zero attached hydrogens (tertiary/aromatic N) is 3. The molecule has 102 valence electrons. The Morgan fingerprint density at radius 1 is 1.42 bits per heavy atom. The second-order valence-corrected chi connectivity index (χ2v) is 5.25. The minimum atomic E-state index is -0.0781. The molecule has 0 spiro atoms. The molecule has 0 aromatic carbocycles. The lowest BCUT2D eigenvalue weighted by Gasteiger charge is -2.12. The van der Waals surface area contributed by atoms with Crippen molar-refractivity contribution in [2.24, 2.45) is 0 Å². The summed E-state index contributed by atoms with van der Waals surface area (Å²) in [5.74, 6) is 0. The number of rotatable bonds is 4. The number of anilines is 1. The largest absolute Gasteiger partial charge is 0.383 e. The topological polar surface area (TPSA) is 83.0 Å². The average Bonchev–Trinajstić information content (AvgIpc) is 2.75. The van der Waals surface area contributed by atoms with Crippen molar-refractivity contribution >= 4 is 16.5 Å². The van der Waals surface area contributed by atoms with E-state index in [2.05, 4.69) is 10.2 Å². The molecule has 2 aromatic heterocycles. The van der Waals surface area contributed by atoms with Crippen LogP contribution in [0.4, 0.5) is 5.13 Å². The van der Waals surface area contributed by atoms with Crippen LogP contribution in [0.2, 0.25) is 0 Å². The van der Waals surface area contributed by atoms with Gasteiger partial charge in [0.1, 0.15) is 0 Å². The second-order valence-electron chi connectivity index (χ2n) is 4.24. The number of aromatic nitrogens is 3. The Labute approximate surface area is 114 Å². The molecule has 0 aliphatic rings. The van der Waals surface area contributed by atoms with Crippen molar-refractivity contribution in [3.8, 4) is 10.6 Å². The molecule has 2 heterocycles. The van der Waals surface area contributed by atoms with Crippen molar-refractivity contribution in [1.82, 2.24) is 14.8 Å². The Hall–Kier alpha value is -1.73. The molecule has 2 aromatic rings. The first-order chi connectivity index (χ1) is 9.04. The predicted molar refractivity (Wildman–Crippen MR) is 75.4 cm³/mol. The van der Waals surface area contributed by atoms with Gasteiger partial charge in [0.2, 0.25) is 5.13 Å². The molecule has 0 aliphatic carbocycles. The fourth-order valence-corrected chi connectivity index (χ4v) is 2.70. The van der Waals surface area contributed by atoms with Gasteiger partial charge in [0.15, 0.2) is 5.01 Å². The van der Waals surface area contributed by atoms with Crippen LogP contribution in [0.5, 0.6) is 0 Å². The Morgan fingerprint density at radius 3 is 2.74 bits per heavy atom. The maximum atomic E-state index is 12.5. The molecule has 19 heavy (non-hydrogen) atoms. The minimum absolute atomic E-state index is 0.0781. The summed E-state index contributed by atoms with van der Waals surface area (Å²) in [6.45, 7) is 4.80. The van der Waals surface area contributed by atoms with Gasteiger partial charge in [-0.1, -0.05) is 11.3 Å². The Kier molecular flexibility index (Phi) is 3.96. The second kappa shape index (κ2) is 5.50. The van der Waals surface area contributed by atoms with Gasteiger partial charge < -0.3 is 15.0 Å². The maximum Gasteiger partial charge on any atom is 0.261 e. The molecule has 0 atom stereocenters. The third kappa shape index (κ3) is 2.66. The zero-order valence-corrected chi connectivity index (χ0v) is 12.0. The molecule has 0 saturated carbocycles. The van der Waals surface area contributed by atoms with E-state index in [1.807, 2.05) is 19.9 Å². The van der Waals surface area contributed by atoms with Crippen molar-refractivity contribution in [2.45, 2.75) is 20.4 Å². The summed E-state index contributed by atoms with van der Waals surface area (Å²) >= 11 is 1.22. The van der Waals surface area contributed by atoms with Crippen molar-refractivity contribution in [3.05, 3.63) is 27.7 Å². The number of hydrogen-bond donors (Lipinski definition) is 1. The number of ether oxygens (including phenoxy) is 1. The van der Waals surface area contributed by atoms with Gasteiger partial charge in [-0.3, -0.25) is 4.79 Å². The molecule has 0 aliphatic heterocycles. The van der Waals surface area contributed by atoms with Gasteiger partial charge in [0.25, 0.3) is 5.56 Å². The van der Waals surface area contributed by atoms with Crippen molar-refractivity contribution in [2.75, 3.05) is 19.5 Å². The minimum Gasteiger partial charge on any atom is -0.383 e. The van der Waals surface area contributed by atoms with E-state index in [1.54, 1.807) is 11.7 Å². The van der Waals surface area contributed by atoms with Crippen molar-refractivity contribution in [1.29, 1.82) is 0 Å². The van der Waals surface area contributed by atoms with E-state index in [1.165, 1.54) is 11.3 Å². The van der Waals surface area contributed by atoms with Gasteiger partial charge in [0, 0.05) is 19.3 Å². The van der Waals surface area contributed by atoms with Crippen LogP contribution in [-0.2, 0) is 11.3 Å². The van der Waals surface area contributed by atoms with Gasteiger partial charge in [-0.05, 0) is 25.5 Å². The summed E-state index contributed by atoms with van der Waals surface area (Å²) in [4.78, 5) is 12.5. The first-order valence-electron chi connectivity index (χ1n) is 5.84. The number of methoxy groups -OCH3 is 1. The fraction of sp³-hybridized carbons (Fsp3) is 0.417. The number of nitrogen functional groups attached to an aromatic ring is 1. The molecule has 0 amide bonds. The zero-order valence-electron chi connectivity index (χ0n) is 11.1. The van der Waals surface area contributed by atoms with E-state index in [-0.39, 0.29) is 5.56 Å². The number of aryl methyl sites for hydroxylation is 2. The highest BCUT2D eigenvalue weighted by Crippen LogP contribution is 2.25. The standard InChI is InChI=1S/C12H16N4O2S/c1-7-6-8(2)16(4-5-18-3)11(17)9(7)10-14-15-12(13)19-10/h6H,4-5H2,1-3H3,(H2,13,15). The van der Waals surface area contributed by atoms with Gasteiger partial charge in [-0.25, -0.2) is 0 Å². The third-order valence-corrected chi connectivity index (χ3v) is 3.65. The van der Waals surface area contributed by atoms with Crippen LogP contribution >= 0.6 is 11.3 Å². The van der Waals surface area contributed by atoms with Crippen LogP contribution in [0.15, 0.2) is 10.9 Å². The van der Waals surface area contributed by atoms with E-state index >= 15 is 0 Å². The zero-order chi connectivity index (χ0) is 14.0. The molecular weight excluding hydrogens is 264 g/mol. The lowest BCUT2D eigenvalue weighted by Crippen LogP contribution is -2.26. The summed E-state index contributed by atoms with van der Waals surface area (Å²) in [7, 11) is 1.61. The highest BCUT2D eigenvalue weighted by molar-refractivity contribution is 7.18. The molecule has 0 radical (unpaired) electrons. The van der Waals surface area contributed by atoms with Crippen LogP contribution in [-0.4, -0.2) is 28.5 Å². The predicted octanol–water partition coefficient (Wildman–Crippen LogP) is 1.21. The first-order valence-corrected chi connectivity index (χ1v) is 6.65. The van der Waals surface area contributed by atoms with Crippen LogP contribution in [0.1, 0.15) is 11.3 Å². The molecule has 7 heteroatoms. The molecule has 0 saturated heterocycles. The maximum absolute atomic E-state index is 12.5. The Morgan fingerprint density at radius 2 is 2.16 bits per heavy atom. The summed E-state index contributed by atoms with van der Waals surface area (Å²) in [5, 5.41) is 8.64. The van der Waals surface area contributed by atoms with Crippen molar-refractivity contribution < 1.29 is 4.74 Å². The van der Waals surface area contributed by atoms with E-state index in [4.69, 9.17) is 10.5 Å². The molecule has 2 rings (SSSR count). The van der Waals surface area contributed by atoms with E-state index in [0.29, 0.717) is 28.9 Å². The summed E-state index contributed by atoms with van der Waals surface area (Å²) in [5.41, 5.74) is 7.85. The summed E-state index contributed by atoms with van der Waals surface area (Å²) < 4.78 is 6.71. The van der Waals surface area contributed by atoms with Gasteiger partial charge in [-0.2, -0.15) is 0 Å². The summed E-state index contributed by atoms with van der Waals surface area (Å²) in [6, 6.07) is 1.96. The SMILES string of the molecule is COCCn1c(C)cc(C)c(-c2nnc(N)s2)c1=O. The third-order valence-electron chi connectivity index (χ3n) is 2.88. The summed E-state index contributed by atoms with van der Waals surface area (Å²) in [6.07, 6.45) is 0. The Bertz CT molecular complexity index is 648. The van der Waals surface area contributed by atoms with Crippen molar-refractivity contribution in [3.63, 3.8) is 0 Å². The molecule has 0 unspecified atom stereocenters. The lowest BCUT2D eigenvalue weighted by atomic mass is 10.1. The normalized spacial score (nSPS) is 10.9. The monoisotopic (exact) mass is 280 g/mol. The van der Waals surface area contributed by atoms with Gasteiger partial charge >= 0.3 is 0 Å². The molecule has 6 nitrogen and oxygen atoms in total. The van der Waals surface area contributed by atoms with E-state index < -0.39 is 0 Å². The quantitative estimate of drug-likeness (QED) is 0.910. The number of nitrogens with two attached hydrogens (primary N) is 1. The van der Waals surface area contributed by atoms with Crippen LogP contribution in [0.3, 0.4) is 0 Å². The Balaban J connectivity index is 2.58. The number of pyridine rings is 1. The molecule has 0 fully saturated rings. The first kappa shape index (κ1) is 13.7. The highest BCUT2D eigenvalue weighted by Gasteiger charge is 2.15. The van der Waals surface area contributed by atoms with Gasteiger partial charge in [0.05, 0.1) is 12.2 Å². The van der Waals surface area contributed by atoms with Crippen LogP contribution in [0, 0.1) is 13.8 Å². The highest BCUT2D eigenvalue weighted by atomic mass is 32.1. The molecule has 2 N–H and O–H groups in total. The van der Waals surface area contributed by atoms with Crippen LogP contribution < -0.4 is 11.3 Å². The van der Waals surface area contributed by atoms with Gasteiger partial charge in [-0.15, -0.1) is 10.2 Å².